The number of hydrogen-bond donors (Lipinski definition) is 1. The zero-order valence-corrected chi connectivity index (χ0v) is 10.1. The molecule has 2 aromatic carbocycles. The van der Waals surface area contributed by atoms with Crippen molar-refractivity contribution in [2.24, 2.45) is 0 Å². The molecule has 0 aromatic heterocycles. The largest absolute Gasteiger partial charge is 0.417 e. The van der Waals surface area contributed by atoms with Gasteiger partial charge in [0.1, 0.15) is 5.82 Å². The van der Waals surface area contributed by atoms with Crippen molar-refractivity contribution in [2.75, 3.05) is 5.73 Å². The van der Waals surface area contributed by atoms with Crippen molar-refractivity contribution in [3.05, 3.63) is 53.3 Å². The quantitative estimate of drug-likeness (QED) is 0.602. The first kappa shape index (κ1) is 13.4. The number of halogens is 4. The summed E-state index contributed by atoms with van der Waals surface area (Å²) < 4.78 is 52.5. The summed E-state index contributed by atoms with van der Waals surface area (Å²) >= 11 is 0. The molecule has 1 nitrogen and oxygen atoms in total. The number of nitrogen functional groups attached to an aromatic ring is 1. The van der Waals surface area contributed by atoms with Gasteiger partial charge in [0.05, 0.1) is 5.56 Å². The van der Waals surface area contributed by atoms with Gasteiger partial charge in [0.15, 0.2) is 0 Å². The number of anilines is 1. The Bertz CT molecular complexity index is 617. The summed E-state index contributed by atoms with van der Waals surface area (Å²) in [6.07, 6.45) is -4.54. The Morgan fingerprint density at radius 3 is 2.26 bits per heavy atom. The van der Waals surface area contributed by atoms with Crippen LogP contribution in [0.4, 0.5) is 23.2 Å². The molecule has 0 amide bonds. The van der Waals surface area contributed by atoms with Gasteiger partial charge in [0.2, 0.25) is 0 Å². The topological polar surface area (TPSA) is 26.0 Å². The lowest BCUT2D eigenvalue weighted by Crippen LogP contribution is -2.07. The van der Waals surface area contributed by atoms with Gasteiger partial charge >= 0.3 is 6.18 Å². The minimum atomic E-state index is -4.54. The van der Waals surface area contributed by atoms with Crippen LogP contribution in [-0.4, -0.2) is 0 Å². The van der Waals surface area contributed by atoms with E-state index in [9.17, 15) is 17.6 Å². The molecule has 0 unspecified atom stereocenters. The van der Waals surface area contributed by atoms with Gasteiger partial charge in [-0.05, 0) is 36.2 Å². The number of alkyl halides is 3. The van der Waals surface area contributed by atoms with Gasteiger partial charge in [-0.25, -0.2) is 4.39 Å². The second-order valence-corrected chi connectivity index (χ2v) is 4.23. The van der Waals surface area contributed by atoms with Crippen molar-refractivity contribution in [2.45, 2.75) is 13.1 Å². The molecular formula is C14H11F4N. The van der Waals surface area contributed by atoms with Crippen molar-refractivity contribution >= 4 is 5.69 Å². The summed E-state index contributed by atoms with van der Waals surface area (Å²) in [5, 5.41) is 0. The van der Waals surface area contributed by atoms with Crippen LogP contribution in [0.25, 0.3) is 11.1 Å². The van der Waals surface area contributed by atoms with Crippen LogP contribution < -0.4 is 5.73 Å². The third kappa shape index (κ3) is 2.54. The van der Waals surface area contributed by atoms with Gasteiger partial charge < -0.3 is 5.73 Å². The third-order valence-corrected chi connectivity index (χ3v) is 2.88. The van der Waals surface area contributed by atoms with Crippen LogP contribution in [0.2, 0.25) is 0 Å². The fourth-order valence-electron chi connectivity index (χ4n) is 1.86. The summed E-state index contributed by atoms with van der Waals surface area (Å²) in [4.78, 5) is 0. The standard InChI is InChI=1S/C14H11F4N/c1-8-6-12(15)10(7-13(8)19)9-4-2-3-5-11(9)14(16,17)18/h2-7H,19H2,1H3. The maximum Gasteiger partial charge on any atom is 0.417 e. The van der Waals surface area contributed by atoms with E-state index < -0.39 is 17.6 Å². The van der Waals surface area contributed by atoms with E-state index in [1.807, 2.05) is 0 Å². The highest BCUT2D eigenvalue weighted by Crippen LogP contribution is 2.38. The molecule has 0 aliphatic heterocycles. The molecular weight excluding hydrogens is 258 g/mol. The minimum absolute atomic E-state index is 0.143. The molecule has 100 valence electrons. The van der Waals surface area contributed by atoms with Crippen LogP contribution in [-0.2, 0) is 6.18 Å². The SMILES string of the molecule is Cc1cc(F)c(-c2ccccc2C(F)(F)F)cc1N. The van der Waals surface area contributed by atoms with E-state index in [2.05, 4.69) is 0 Å². The second kappa shape index (κ2) is 4.57. The minimum Gasteiger partial charge on any atom is -0.398 e. The molecule has 2 N–H and O–H groups in total. The van der Waals surface area contributed by atoms with E-state index in [1.165, 1.54) is 24.3 Å². The fourth-order valence-corrected chi connectivity index (χ4v) is 1.86. The first-order chi connectivity index (χ1) is 8.80. The molecule has 0 atom stereocenters. The fraction of sp³-hybridized carbons (Fsp3) is 0.143. The summed E-state index contributed by atoms with van der Waals surface area (Å²) in [5.41, 5.74) is 5.16. The van der Waals surface area contributed by atoms with Crippen LogP contribution in [0.3, 0.4) is 0 Å². The zero-order valence-electron chi connectivity index (χ0n) is 10.1. The van der Waals surface area contributed by atoms with E-state index >= 15 is 0 Å². The molecule has 2 rings (SSSR count). The predicted molar refractivity (Wildman–Crippen MR) is 66.0 cm³/mol. The maximum atomic E-state index is 13.9. The van der Waals surface area contributed by atoms with Crippen LogP contribution in [0.15, 0.2) is 36.4 Å². The third-order valence-electron chi connectivity index (χ3n) is 2.88. The van der Waals surface area contributed by atoms with Crippen molar-refractivity contribution in [3.63, 3.8) is 0 Å². The van der Waals surface area contributed by atoms with Crippen LogP contribution in [0, 0.1) is 12.7 Å². The Labute approximate surface area is 107 Å². The van der Waals surface area contributed by atoms with E-state index in [0.717, 1.165) is 12.1 Å². The first-order valence-corrected chi connectivity index (χ1v) is 5.53. The van der Waals surface area contributed by atoms with Crippen molar-refractivity contribution in [1.29, 1.82) is 0 Å². The number of aryl methyl sites for hydroxylation is 1. The lowest BCUT2D eigenvalue weighted by atomic mass is 9.97. The van der Waals surface area contributed by atoms with Gasteiger partial charge in [-0.2, -0.15) is 13.2 Å². The molecule has 0 saturated carbocycles. The summed E-state index contributed by atoms with van der Waals surface area (Å²) in [6.45, 7) is 1.60. The van der Waals surface area contributed by atoms with E-state index in [-0.39, 0.29) is 16.8 Å². The lowest BCUT2D eigenvalue weighted by molar-refractivity contribution is -0.137. The Morgan fingerprint density at radius 2 is 1.63 bits per heavy atom. The highest BCUT2D eigenvalue weighted by atomic mass is 19.4. The molecule has 5 heteroatoms. The average Bonchev–Trinajstić information content (AvgIpc) is 2.33. The van der Waals surface area contributed by atoms with Gasteiger partial charge in [0, 0.05) is 11.3 Å². The van der Waals surface area contributed by atoms with E-state index in [4.69, 9.17) is 5.73 Å². The average molecular weight is 269 g/mol. The summed E-state index contributed by atoms with van der Waals surface area (Å²) in [5.74, 6) is -0.719. The normalized spacial score (nSPS) is 11.6. The monoisotopic (exact) mass is 269 g/mol. The molecule has 0 fully saturated rings. The van der Waals surface area contributed by atoms with Crippen LogP contribution in [0.5, 0.6) is 0 Å². The van der Waals surface area contributed by atoms with Gasteiger partial charge in [0.25, 0.3) is 0 Å². The molecule has 0 heterocycles. The molecule has 2 aromatic rings. The summed E-state index contributed by atoms with van der Waals surface area (Å²) in [6, 6.07) is 7.22. The first-order valence-electron chi connectivity index (χ1n) is 5.53. The van der Waals surface area contributed by atoms with Crippen LogP contribution in [0.1, 0.15) is 11.1 Å². The Kier molecular flexibility index (Phi) is 3.22. The predicted octanol–water partition coefficient (Wildman–Crippen LogP) is 4.40. The van der Waals surface area contributed by atoms with Gasteiger partial charge in [-0.15, -0.1) is 0 Å². The maximum absolute atomic E-state index is 13.9. The molecule has 0 radical (unpaired) electrons. The highest BCUT2D eigenvalue weighted by molar-refractivity contribution is 5.72. The van der Waals surface area contributed by atoms with Crippen molar-refractivity contribution in [1.82, 2.24) is 0 Å². The number of rotatable bonds is 1. The Balaban J connectivity index is 2.70. The smallest absolute Gasteiger partial charge is 0.398 e. The Morgan fingerprint density at radius 1 is 1.00 bits per heavy atom. The van der Waals surface area contributed by atoms with Crippen molar-refractivity contribution in [3.8, 4) is 11.1 Å². The molecule has 0 aliphatic carbocycles. The van der Waals surface area contributed by atoms with Crippen molar-refractivity contribution < 1.29 is 17.6 Å². The molecule has 0 spiro atoms. The molecule has 19 heavy (non-hydrogen) atoms. The number of benzene rings is 2. The number of hydrogen-bond acceptors (Lipinski definition) is 1. The summed E-state index contributed by atoms with van der Waals surface area (Å²) in [7, 11) is 0. The lowest BCUT2D eigenvalue weighted by Gasteiger charge is -2.14. The number of nitrogens with two attached hydrogens (primary N) is 1. The van der Waals surface area contributed by atoms with E-state index in [1.54, 1.807) is 6.92 Å². The van der Waals surface area contributed by atoms with Gasteiger partial charge in [-0.3, -0.25) is 0 Å². The van der Waals surface area contributed by atoms with E-state index in [0.29, 0.717) is 5.56 Å². The zero-order chi connectivity index (χ0) is 14.2. The second-order valence-electron chi connectivity index (χ2n) is 4.23. The molecule has 0 aliphatic rings. The molecule has 0 saturated heterocycles. The van der Waals surface area contributed by atoms with Crippen LogP contribution >= 0.6 is 0 Å². The van der Waals surface area contributed by atoms with Gasteiger partial charge in [-0.1, -0.05) is 18.2 Å². The molecule has 0 bridgehead atoms. The highest BCUT2D eigenvalue weighted by Gasteiger charge is 2.33. The Hall–Kier alpha value is -2.04.